The molecule has 0 saturated carbocycles. The minimum Gasteiger partial charge on any atom is -0.495 e. The lowest BCUT2D eigenvalue weighted by molar-refractivity contribution is 0.0543. The van der Waals surface area contributed by atoms with Crippen LogP contribution in [-0.2, 0) is 14.6 Å². The van der Waals surface area contributed by atoms with Crippen molar-refractivity contribution in [3.8, 4) is 5.75 Å². The summed E-state index contributed by atoms with van der Waals surface area (Å²) in [6.45, 7) is 8.59. The lowest BCUT2D eigenvalue weighted by atomic mass is 10.2. The van der Waals surface area contributed by atoms with E-state index in [4.69, 9.17) is 9.47 Å². The van der Waals surface area contributed by atoms with Gasteiger partial charge in [0.1, 0.15) is 17.2 Å². The second kappa shape index (κ2) is 10.3. The molecule has 0 aliphatic carbocycles. The van der Waals surface area contributed by atoms with Crippen LogP contribution in [0.5, 0.6) is 5.75 Å². The van der Waals surface area contributed by atoms with Crippen molar-refractivity contribution < 1.29 is 22.7 Å². The Morgan fingerprint density at radius 3 is 2.26 bits per heavy atom. The molecule has 0 fully saturated rings. The number of anilines is 4. The van der Waals surface area contributed by atoms with Gasteiger partial charge >= 0.3 is 6.09 Å². The molecule has 0 radical (unpaired) electrons. The molecule has 0 aliphatic heterocycles. The number of nitrogens with one attached hydrogen (secondary N) is 2. The van der Waals surface area contributed by atoms with Crippen LogP contribution in [0.1, 0.15) is 34.6 Å². The molecule has 200 valence electrons. The van der Waals surface area contributed by atoms with Gasteiger partial charge in [-0.1, -0.05) is 24.3 Å². The van der Waals surface area contributed by atoms with Crippen molar-refractivity contribution in [1.29, 1.82) is 0 Å². The summed E-state index contributed by atoms with van der Waals surface area (Å²) < 4.78 is 38.4. The monoisotopic (exact) mass is 537 g/mol. The lowest BCUT2D eigenvalue weighted by Gasteiger charge is -2.20. The number of aromatic nitrogens is 3. The molecule has 0 atom stereocenters. The Hall–Kier alpha value is -4.12. The van der Waals surface area contributed by atoms with Gasteiger partial charge < -0.3 is 20.1 Å². The average molecular weight is 538 g/mol. The molecule has 0 spiro atoms. The zero-order valence-corrected chi connectivity index (χ0v) is 23.0. The smallest absolute Gasteiger partial charge is 0.420 e. The standard InChI is InChI=1S/C27H31N5O5S/c1-17(2)38(34,35)22-14-10-8-12-20(22)28-23-18-15-16-32(26(33)37-27(3,4)5)24(18)31-25(30-23)29-19-11-7-9-13-21(19)36-6/h7-17H,1-6H3,(H2,28,29,30,31). The minimum atomic E-state index is -3.59. The third kappa shape index (κ3) is 5.57. The fraction of sp³-hybridized carbons (Fsp3) is 0.296. The van der Waals surface area contributed by atoms with Crippen LogP contribution in [0.2, 0.25) is 0 Å². The normalized spacial score (nSPS) is 12.0. The number of rotatable bonds is 7. The molecular formula is C27H31N5O5S. The molecule has 4 aromatic rings. The Morgan fingerprint density at radius 1 is 0.947 bits per heavy atom. The van der Waals surface area contributed by atoms with Gasteiger partial charge in [0.05, 0.1) is 34.0 Å². The maximum absolute atomic E-state index is 13.0. The molecule has 38 heavy (non-hydrogen) atoms. The van der Waals surface area contributed by atoms with Gasteiger partial charge in [-0.25, -0.2) is 17.8 Å². The quantitative estimate of drug-likeness (QED) is 0.297. The number of para-hydroxylation sites is 3. The maximum atomic E-state index is 13.0. The van der Waals surface area contributed by atoms with Crippen LogP contribution in [0.4, 0.5) is 27.9 Å². The summed E-state index contributed by atoms with van der Waals surface area (Å²) in [7, 11) is -2.04. The van der Waals surface area contributed by atoms with E-state index in [0.29, 0.717) is 28.3 Å². The number of sulfone groups is 1. The van der Waals surface area contributed by atoms with Crippen molar-refractivity contribution in [2.45, 2.75) is 50.4 Å². The molecule has 11 heteroatoms. The molecule has 0 amide bonds. The number of benzene rings is 2. The SMILES string of the molecule is COc1ccccc1Nc1nc(Nc2ccccc2S(=O)(=O)C(C)C)c2ccn(C(=O)OC(C)(C)C)c2n1. The summed E-state index contributed by atoms with van der Waals surface area (Å²) in [5.74, 6) is 1.04. The number of methoxy groups -OCH3 is 1. The van der Waals surface area contributed by atoms with E-state index in [0.717, 1.165) is 0 Å². The van der Waals surface area contributed by atoms with E-state index in [1.165, 1.54) is 4.57 Å². The van der Waals surface area contributed by atoms with E-state index in [-0.39, 0.29) is 16.5 Å². The second-order valence-electron chi connectivity index (χ2n) is 9.84. The van der Waals surface area contributed by atoms with E-state index in [9.17, 15) is 13.2 Å². The summed E-state index contributed by atoms with van der Waals surface area (Å²) in [6.07, 6.45) is 0.936. The Balaban J connectivity index is 1.87. The van der Waals surface area contributed by atoms with Gasteiger partial charge in [0.15, 0.2) is 15.5 Å². The first kappa shape index (κ1) is 26.9. The highest BCUT2D eigenvalue weighted by molar-refractivity contribution is 7.92. The van der Waals surface area contributed by atoms with Gasteiger partial charge in [0.2, 0.25) is 5.95 Å². The highest BCUT2D eigenvalue weighted by atomic mass is 32.2. The zero-order chi connectivity index (χ0) is 27.7. The summed E-state index contributed by atoms with van der Waals surface area (Å²) >= 11 is 0. The van der Waals surface area contributed by atoms with E-state index < -0.39 is 26.8 Å². The van der Waals surface area contributed by atoms with Crippen molar-refractivity contribution in [2.24, 2.45) is 0 Å². The van der Waals surface area contributed by atoms with E-state index in [1.54, 1.807) is 90.4 Å². The molecule has 0 saturated heterocycles. The average Bonchev–Trinajstić information content (AvgIpc) is 3.28. The Labute approximate surface area is 221 Å². The van der Waals surface area contributed by atoms with Crippen LogP contribution in [0.15, 0.2) is 65.7 Å². The highest BCUT2D eigenvalue weighted by Gasteiger charge is 2.25. The number of hydrogen-bond donors (Lipinski definition) is 2. The Kier molecular flexibility index (Phi) is 7.32. The van der Waals surface area contributed by atoms with Gasteiger partial charge in [-0.15, -0.1) is 0 Å². The fourth-order valence-electron chi connectivity index (χ4n) is 3.69. The van der Waals surface area contributed by atoms with Crippen molar-refractivity contribution in [2.75, 3.05) is 17.7 Å². The van der Waals surface area contributed by atoms with Crippen LogP contribution in [-0.4, -0.2) is 47.0 Å². The first-order chi connectivity index (χ1) is 17.9. The summed E-state index contributed by atoms with van der Waals surface area (Å²) in [5, 5.41) is 6.18. The first-order valence-electron chi connectivity index (χ1n) is 12.0. The molecule has 2 heterocycles. The summed E-state index contributed by atoms with van der Waals surface area (Å²) in [5.41, 5.74) is 0.524. The molecule has 0 aliphatic rings. The third-order valence-electron chi connectivity index (χ3n) is 5.55. The third-order valence-corrected chi connectivity index (χ3v) is 7.77. The Bertz CT molecular complexity index is 1590. The van der Waals surface area contributed by atoms with Gasteiger partial charge in [-0.2, -0.15) is 9.97 Å². The fourth-order valence-corrected chi connectivity index (χ4v) is 4.89. The molecular weight excluding hydrogens is 506 g/mol. The number of hydrogen-bond acceptors (Lipinski definition) is 9. The van der Waals surface area contributed by atoms with Crippen molar-refractivity contribution in [1.82, 2.24) is 14.5 Å². The first-order valence-corrected chi connectivity index (χ1v) is 13.6. The number of carbonyl (C=O) groups excluding carboxylic acids is 1. The van der Waals surface area contributed by atoms with Crippen LogP contribution in [0.25, 0.3) is 11.0 Å². The molecule has 0 unspecified atom stereocenters. The van der Waals surface area contributed by atoms with E-state index >= 15 is 0 Å². The van der Waals surface area contributed by atoms with Crippen LogP contribution in [0.3, 0.4) is 0 Å². The molecule has 2 aromatic heterocycles. The summed E-state index contributed by atoms with van der Waals surface area (Å²) in [4.78, 5) is 22.3. The van der Waals surface area contributed by atoms with Crippen molar-refractivity contribution >= 4 is 50.1 Å². The highest BCUT2D eigenvalue weighted by Crippen LogP contribution is 2.33. The molecule has 2 N–H and O–H groups in total. The zero-order valence-electron chi connectivity index (χ0n) is 22.1. The number of fused-ring (bicyclic) bond motifs is 1. The predicted octanol–water partition coefficient (Wildman–Crippen LogP) is 5.89. The number of nitrogens with zero attached hydrogens (tertiary/aromatic N) is 3. The van der Waals surface area contributed by atoms with Crippen molar-refractivity contribution in [3.63, 3.8) is 0 Å². The van der Waals surface area contributed by atoms with Gasteiger partial charge in [0.25, 0.3) is 0 Å². The Morgan fingerprint density at radius 2 is 1.61 bits per heavy atom. The lowest BCUT2D eigenvalue weighted by Crippen LogP contribution is -2.27. The maximum Gasteiger partial charge on any atom is 0.420 e. The number of ether oxygens (including phenoxy) is 2. The minimum absolute atomic E-state index is 0.146. The van der Waals surface area contributed by atoms with E-state index in [1.807, 2.05) is 12.1 Å². The van der Waals surface area contributed by atoms with Gasteiger partial charge in [-0.3, -0.25) is 0 Å². The van der Waals surface area contributed by atoms with Crippen molar-refractivity contribution in [3.05, 3.63) is 60.8 Å². The van der Waals surface area contributed by atoms with Crippen LogP contribution >= 0.6 is 0 Å². The van der Waals surface area contributed by atoms with Gasteiger partial charge in [0, 0.05) is 6.20 Å². The van der Waals surface area contributed by atoms with Crippen LogP contribution < -0.4 is 15.4 Å². The topological polar surface area (TPSA) is 124 Å². The van der Waals surface area contributed by atoms with E-state index in [2.05, 4.69) is 20.6 Å². The second-order valence-corrected chi connectivity index (χ2v) is 12.3. The molecule has 10 nitrogen and oxygen atoms in total. The largest absolute Gasteiger partial charge is 0.495 e. The van der Waals surface area contributed by atoms with Gasteiger partial charge in [-0.05, 0) is 65.0 Å². The predicted molar refractivity (Wildman–Crippen MR) is 147 cm³/mol. The summed E-state index contributed by atoms with van der Waals surface area (Å²) in [6, 6.07) is 15.6. The molecule has 2 aromatic carbocycles. The number of carbonyl (C=O) groups is 1. The molecule has 4 rings (SSSR count). The molecule has 0 bridgehead atoms. The van der Waals surface area contributed by atoms with Crippen LogP contribution in [0, 0.1) is 0 Å².